The highest BCUT2D eigenvalue weighted by Crippen LogP contribution is 2.29. The maximum absolute atomic E-state index is 13.2. The number of piperazine rings is 1. The van der Waals surface area contributed by atoms with E-state index in [0.717, 1.165) is 56.7 Å². The van der Waals surface area contributed by atoms with Crippen LogP contribution in [0.2, 0.25) is 0 Å². The van der Waals surface area contributed by atoms with Gasteiger partial charge >= 0.3 is 0 Å². The largest absolute Gasteiger partial charge is 0.328 e. The fraction of sp³-hybridized carbons (Fsp3) is 0.400. The van der Waals surface area contributed by atoms with Gasteiger partial charge in [0.15, 0.2) is 0 Å². The quantitative estimate of drug-likeness (QED) is 0.445. The van der Waals surface area contributed by atoms with Crippen LogP contribution >= 0.6 is 0 Å². The molecule has 0 radical (unpaired) electrons. The van der Waals surface area contributed by atoms with Gasteiger partial charge in [-0.1, -0.05) is 24.3 Å². The van der Waals surface area contributed by atoms with E-state index in [4.69, 9.17) is 30.6 Å². The van der Waals surface area contributed by atoms with Crippen LogP contribution in [0.5, 0.6) is 0 Å². The van der Waals surface area contributed by atoms with E-state index in [1.807, 2.05) is 24.3 Å². The molecule has 1 aliphatic heterocycles. The van der Waals surface area contributed by atoms with Crippen molar-refractivity contribution in [1.82, 2.24) is 10.2 Å². The van der Waals surface area contributed by atoms with Crippen LogP contribution in [-0.2, 0) is 0 Å². The van der Waals surface area contributed by atoms with Crippen LogP contribution in [-0.4, -0.2) is 58.2 Å². The highest BCUT2D eigenvalue weighted by Gasteiger charge is 2.16. The molecule has 1 aliphatic rings. The van der Waals surface area contributed by atoms with Gasteiger partial charge in [-0.15, -0.1) is 20.2 Å². The molecule has 2 aromatic rings. The van der Waals surface area contributed by atoms with Gasteiger partial charge in [0.1, 0.15) is 11.6 Å². The average molecular weight is 456 g/mol. The molecule has 3 N–H and O–H groups in total. The van der Waals surface area contributed by atoms with E-state index in [1.54, 1.807) is 0 Å². The first-order valence-electron chi connectivity index (χ1n) is 9.79. The molecule has 0 saturated carbocycles. The minimum Gasteiger partial charge on any atom is -0.328 e. The van der Waals surface area contributed by atoms with Crippen LogP contribution in [0.15, 0.2) is 48.5 Å². The third kappa shape index (κ3) is 11.7. The molecule has 10 nitrogen and oxygen atoms in total. The summed E-state index contributed by atoms with van der Waals surface area (Å²) >= 11 is 0. The predicted molar refractivity (Wildman–Crippen MR) is 111 cm³/mol. The van der Waals surface area contributed by atoms with Gasteiger partial charge in [-0.2, -0.15) is 0 Å². The molecule has 1 fully saturated rings. The number of benzene rings is 2. The van der Waals surface area contributed by atoms with E-state index >= 15 is 0 Å². The lowest BCUT2D eigenvalue weighted by Crippen LogP contribution is -2.43. The maximum atomic E-state index is 13.2. The molecule has 1 saturated heterocycles. The second-order valence-electron chi connectivity index (χ2n) is 6.87. The zero-order valence-corrected chi connectivity index (χ0v) is 17.3. The van der Waals surface area contributed by atoms with Gasteiger partial charge in [0.25, 0.3) is 10.2 Å². The first-order chi connectivity index (χ1) is 15.2. The predicted octanol–water partition coefficient (Wildman–Crippen LogP) is 3.09. The highest BCUT2D eigenvalue weighted by atomic mass is 19.1. The van der Waals surface area contributed by atoms with E-state index in [2.05, 4.69) is 10.2 Å². The fourth-order valence-electron chi connectivity index (χ4n) is 3.37. The first-order valence-corrected chi connectivity index (χ1v) is 9.79. The Kier molecular flexibility index (Phi) is 12.2. The van der Waals surface area contributed by atoms with Crippen molar-refractivity contribution in [2.75, 3.05) is 32.7 Å². The van der Waals surface area contributed by atoms with Gasteiger partial charge in [0.05, 0.1) is 0 Å². The zero-order chi connectivity index (χ0) is 23.9. The Morgan fingerprint density at radius 3 is 1.62 bits per heavy atom. The zero-order valence-electron chi connectivity index (χ0n) is 17.3. The first kappa shape index (κ1) is 26.7. The number of hydrogen-bond donors (Lipinski definition) is 3. The molecule has 0 unspecified atom stereocenters. The lowest BCUT2D eigenvalue weighted by molar-refractivity contribution is -0.742. The smallest absolute Gasteiger partial charge is 0.291 e. The number of hydrogen-bond acceptors (Lipinski definition) is 6. The van der Waals surface area contributed by atoms with Crippen molar-refractivity contribution in [1.29, 1.82) is 0 Å². The normalized spacial score (nSPS) is 13.3. The molecule has 176 valence electrons. The number of halogens is 2. The van der Waals surface area contributed by atoms with E-state index in [9.17, 15) is 8.78 Å². The summed E-state index contributed by atoms with van der Waals surface area (Å²) in [6.45, 7) is 5.37. The molecule has 1 heterocycles. The molecule has 0 spiro atoms. The van der Waals surface area contributed by atoms with Gasteiger partial charge < -0.3 is 20.6 Å². The molecule has 32 heavy (non-hydrogen) atoms. The molecule has 2 aromatic carbocycles. The van der Waals surface area contributed by atoms with Crippen LogP contribution in [0.25, 0.3) is 0 Å². The lowest BCUT2D eigenvalue weighted by atomic mass is 9.87. The molecule has 0 atom stereocenters. The second kappa shape index (κ2) is 14.6. The summed E-state index contributed by atoms with van der Waals surface area (Å²) in [6, 6.07) is 13.4. The van der Waals surface area contributed by atoms with Gasteiger partial charge in [-0.3, -0.25) is 0 Å². The Balaban J connectivity index is 0.000000554. The van der Waals surface area contributed by atoms with Crippen LogP contribution in [0, 0.1) is 31.9 Å². The molecular weight excluding hydrogens is 430 g/mol. The Labute approximate surface area is 183 Å². The maximum Gasteiger partial charge on any atom is 0.291 e. The Bertz CT molecular complexity index is 752. The molecule has 12 heteroatoms. The summed E-state index contributed by atoms with van der Waals surface area (Å²) in [5.41, 5.74) is 2.17. The van der Waals surface area contributed by atoms with Crippen LogP contribution in [0.3, 0.4) is 0 Å². The fourth-order valence-corrected chi connectivity index (χ4v) is 3.37. The summed E-state index contributed by atoms with van der Waals surface area (Å²) in [4.78, 5) is 19.2. The summed E-state index contributed by atoms with van der Waals surface area (Å²) in [6.07, 6.45) is 2.04. The van der Waals surface area contributed by atoms with Crippen molar-refractivity contribution in [2.45, 2.75) is 18.8 Å². The Morgan fingerprint density at radius 1 is 0.875 bits per heavy atom. The minimum atomic E-state index is -1.50. The van der Waals surface area contributed by atoms with Crippen molar-refractivity contribution in [3.63, 3.8) is 0 Å². The van der Waals surface area contributed by atoms with Crippen molar-refractivity contribution in [3.05, 3.63) is 91.5 Å². The lowest BCUT2D eigenvalue weighted by Gasteiger charge is -2.28. The van der Waals surface area contributed by atoms with Crippen LogP contribution in [0.4, 0.5) is 8.78 Å². The van der Waals surface area contributed by atoms with Crippen molar-refractivity contribution in [2.24, 2.45) is 0 Å². The summed E-state index contributed by atoms with van der Waals surface area (Å²) in [5.74, 6) is -0.274. The molecule has 0 amide bonds. The van der Waals surface area contributed by atoms with Crippen molar-refractivity contribution >= 4 is 0 Å². The summed E-state index contributed by atoms with van der Waals surface area (Å²) in [5, 5.41) is 30.6. The second-order valence-corrected chi connectivity index (χ2v) is 6.87. The van der Waals surface area contributed by atoms with E-state index in [-0.39, 0.29) is 17.6 Å². The summed E-state index contributed by atoms with van der Waals surface area (Å²) < 4.78 is 26.5. The van der Waals surface area contributed by atoms with Gasteiger partial charge in [-0.25, -0.2) is 8.78 Å². The Morgan fingerprint density at radius 2 is 1.25 bits per heavy atom. The number of rotatable bonds is 6. The third-order valence-electron chi connectivity index (χ3n) is 4.72. The van der Waals surface area contributed by atoms with E-state index in [0.29, 0.717) is 0 Å². The third-order valence-corrected chi connectivity index (χ3v) is 4.72. The van der Waals surface area contributed by atoms with Crippen molar-refractivity contribution < 1.29 is 29.4 Å². The van der Waals surface area contributed by atoms with Gasteiger partial charge in [-0.05, 0) is 54.8 Å². The number of nitrogens with zero attached hydrogens (tertiary/aromatic N) is 3. The monoisotopic (exact) mass is 456 g/mol. The number of nitrogens with one attached hydrogen (secondary N) is 1. The van der Waals surface area contributed by atoms with Crippen LogP contribution < -0.4 is 5.32 Å². The molecule has 3 rings (SSSR count). The molecule has 0 aromatic heterocycles. The summed E-state index contributed by atoms with van der Waals surface area (Å²) in [7, 11) is 0. The van der Waals surface area contributed by atoms with E-state index in [1.165, 1.54) is 24.3 Å². The Hall–Kier alpha value is -3.38. The van der Waals surface area contributed by atoms with Gasteiger partial charge in [0, 0.05) is 32.1 Å². The minimum absolute atomic E-state index is 0.175. The topological polar surface area (TPSA) is 142 Å². The highest BCUT2D eigenvalue weighted by molar-refractivity contribution is 5.32. The van der Waals surface area contributed by atoms with Crippen LogP contribution in [0.1, 0.15) is 29.9 Å². The molecule has 0 aliphatic carbocycles. The standard InChI is InChI=1S/C20H24F2N2.2HNO3/c21-18-7-3-16(4-8-18)20(17-5-9-19(22)10-6-17)2-1-13-24-14-11-23-12-15-24;2*2-1(3)4/h3-10,20,23H,1-2,11-15H2;2*(H,2,3,4). The molecular formula is C20H26F2N4O6. The van der Waals surface area contributed by atoms with E-state index < -0.39 is 10.2 Å². The van der Waals surface area contributed by atoms with Crippen molar-refractivity contribution in [3.8, 4) is 0 Å². The average Bonchev–Trinajstić information content (AvgIpc) is 2.73. The molecule has 0 bridgehead atoms. The van der Waals surface area contributed by atoms with Gasteiger partial charge in [0.2, 0.25) is 0 Å². The SMILES string of the molecule is Fc1ccc(C(CCCN2CCNCC2)c2ccc(F)cc2)cc1.O=[N+]([O-])O.O=[N+]([O-])O.